The van der Waals surface area contributed by atoms with Gasteiger partial charge in [-0.2, -0.15) is 10.2 Å². The number of para-hydroxylation sites is 1. The molecule has 0 aliphatic carbocycles. The summed E-state index contributed by atoms with van der Waals surface area (Å²) < 4.78 is 29.9. The van der Waals surface area contributed by atoms with E-state index in [2.05, 4.69) is 15.5 Å². The summed E-state index contributed by atoms with van der Waals surface area (Å²) in [5.74, 6) is -2.29. The van der Waals surface area contributed by atoms with Crippen molar-refractivity contribution in [1.82, 2.24) is 19.6 Å². The molecule has 1 atom stereocenters. The molecule has 2 aromatic carbocycles. The molecule has 0 saturated carbocycles. The van der Waals surface area contributed by atoms with Crippen molar-refractivity contribution in [3.8, 4) is 5.69 Å². The molecule has 164 valence electrons. The number of hydrogen-bond donors (Lipinski definition) is 1. The van der Waals surface area contributed by atoms with Crippen LogP contribution in [0.5, 0.6) is 0 Å². The summed E-state index contributed by atoms with van der Waals surface area (Å²) in [6.45, 7) is 5.31. The lowest BCUT2D eigenvalue weighted by molar-refractivity contribution is -0.119. The van der Waals surface area contributed by atoms with Gasteiger partial charge in [-0.15, -0.1) is 0 Å². The van der Waals surface area contributed by atoms with Crippen molar-refractivity contribution < 1.29 is 13.6 Å². The number of amides is 1. The highest BCUT2D eigenvalue weighted by atomic mass is 19.1. The van der Waals surface area contributed by atoms with E-state index in [1.54, 1.807) is 18.5 Å². The third kappa shape index (κ3) is 3.66. The second-order valence-electron chi connectivity index (χ2n) is 7.43. The van der Waals surface area contributed by atoms with E-state index in [1.165, 1.54) is 0 Å². The number of nitrogens with one attached hydrogen (secondary N) is 1. The summed E-state index contributed by atoms with van der Waals surface area (Å²) in [6.07, 6.45) is 0.227. The van der Waals surface area contributed by atoms with Crippen LogP contribution in [0.15, 0.2) is 53.3 Å². The zero-order valence-electron chi connectivity index (χ0n) is 17.8. The van der Waals surface area contributed by atoms with E-state index in [-0.39, 0.29) is 17.6 Å². The van der Waals surface area contributed by atoms with Crippen molar-refractivity contribution >= 4 is 22.5 Å². The maximum absolute atomic E-state index is 14.0. The largest absolute Gasteiger partial charge is 0.322 e. The minimum absolute atomic E-state index is 0.176. The van der Waals surface area contributed by atoms with Gasteiger partial charge in [-0.25, -0.2) is 18.1 Å². The number of aromatic nitrogens is 4. The van der Waals surface area contributed by atoms with Gasteiger partial charge in [0.25, 0.3) is 5.56 Å². The highest BCUT2D eigenvalue weighted by Crippen LogP contribution is 2.23. The van der Waals surface area contributed by atoms with Gasteiger partial charge < -0.3 is 5.32 Å². The average molecular weight is 437 g/mol. The quantitative estimate of drug-likeness (QED) is 0.510. The van der Waals surface area contributed by atoms with Crippen molar-refractivity contribution in [3.63, 3.8) is 0 Å². The number of aryl methyl sites for hydroxylation is 2. The van der Waals surface area contributed by atoms with Gasteiger partial charge in [0.15, 0.2) is 5.52 Å². The van der Waals surface area contributed by atoms with Crippen molar-refractivity contribution in [2.24, 2.45) is 0 Å². The molecule has 0 unspecified atom stereocenters. The standard InChI is InChI=1S/C23H21F2N5O2/c1-4-19(22(31)26-18-11-10-15(24)12-17(18)25)30-23(32)21-20(13(2)27-30)14(3)29(28-21)16-8-6-5-7-9-16/h5-12,19H,4H2,1-3H3,(H,26,31)/t19-/m0/s1. The zero-order chi connectivity index (χ0) is 23.0. The molecule has 0 spiro atoms. The van der Waals surface area contributed by atoms with Gasteiger partial charge >= 0.3 is 0 Å². The van der Waals surface area contributed by atoms with Crippen LogP contribution in [0, 0.1) is 25.5 Å². The fourth-order valence-corrected chi connectivity index (χ4v) is 3.76. The van der Waals surface area contributed by atoms with Gasteiger partial charge in [0.2, 0.25) is 5.91 Å². The van der Waals surface area contributed by atoms with E-state index in [4.69, 9.17) is 0 Å². The Kier molecular flexibility index (Phi) is 5.56. The van der Waals surface area contributed by atoms with E-state index in [0.29, 0.717) is 17.1 Å². The van der Waals surface area contributed by atoms with Gasteiger partial charge in [0.1, 0.15) is 17.7 Å². The Bertz CT molecular complexity index is 1380. The molecule has 0 fully saturated rings. The fourth-order valence-electron chi connectivity index (χ4n) is 3.76. The molecule has 0 bridgehead atoms. The third-order valence-corrected chi connectivity index (χ3v) is 5.32. The minimum Gasteiger partial charge on any atom is -0.322 e. The molecule has 2 heterocycles. The topological polar surface area (TPSA) is 81.8 Å². The summed E-state index contributed by atoms with van der Waals surface area (Å²) in [5, 5.41) is 11.9. The number of halogens is 2. The van der Waals surface area contributed by atoms with Crippen molar-refractivity contribution in [1.29, 1.82) is 0 Å². The van der Waals surface area contributed by atoms with Crippen molar-refractivity contribution in [2.75, 3.05) is 5.32 Å². The van der Waals surface area contributed by atoms with Crippen LogP contribution in [0.3, 0.4) is 0 Å². The lowest BCUT2D eigenvalue weighted by atomic mass is 10.1. The molecule has 0 aliphatic rings. The molecule has 0 radical (unpaired) electrons. The van der Waals surface area contributed by atoms with Crippen LogP contribution >= 0.6 is 0 Å². The number of rotatable bonds is 5. The number of benzene rings is 2. The second kappa shape index (κ2) is 8.33. The van der Waals surface area contributed by atoms with Crippen LogP contribution in [0.2, 0.25) is 0 Å². The zero-order valence-corrected chi connectivity index (χ0v) is 17.8. The highest BCUT2D eigenvalue weighted by Gasteiger charge is 2.26. The lowest BCUT2D eigenvalue weighted by Gasteiger charge is -2.17. The van der Waals surface area contributed by atoms with Crippen LogP contribution in [0.1, 0.15) is 30.8 Å². The third-order valence-electron chi connectivity index (χ3n) is 5.32. The minimum atomic E-state index is -1.00. The molecule has 2 aromatic heterocycles. The number of hydrogen-bond acceptors (Lipinski definition) is 4. The second-order valence-corrected chi connectivity index (χ2v) is 7.43. The molecule has 1 amide bonds. The van der Waals surface area contributed by atoms with E-state index >= 15 is 0 Å². The monoisotopic (exact) mass is 437 g/mol. The Morgan fingerprint density at radius 3 is 2.47 bits per heavy atom. The fraction of sp³-hybridized carbons (Fsp3) is 0.217. The number of anilines is 1. The van der Waals surface area contributed by atoms with Crippen LogP contribution in [0.4, 0.5) is 14.5 Å². The Morgan fingerprint density at radius 1 is 1.09 bits per heavy atom. The van der Waals surface area contributed by atoms with E-state index in [1.807, 2.05) is 37.3 Å². The molecule has 32 heavy (non-hydrogen) atoms. The number of carbonyl (C=O) groups excluding carboxylic acids is 1. The summed E-state index contributed by atoms with van der Waals surface area (Å²) >= 11 is 0. The predicted octanol–water partition coefficient (Wildman–Crippen LogP) is 4.07. The van der Waals surface area contributed by atoms with Crippen LogP contribution in [0.25, 0.3) is 16.6 Å². The summed E-state index contributed by atoms with van der Waals surface area (Å²) in [4.78, 5) is 26.1. The smallest absolute Gasteiger partial charge is 0.295 e. The lowest BCUT2D eigenvalue weighted by Crippen LogP contribution is -2.35. The normalized spacial score (nSPS) is 12.2. The molecule has 0 saturated heterocycles. The van der Waals surface area contributed by atoms with E-state index in [9.17, 15) is 18.4 Å². The molecule has 7 nitrogen and oxygen atoms in total. The highest BCUT2D eigenvalue weighted by molar-refractivity contribution is 5.94. The number of carbonyl (C=O) groups is 1. The first-order valence-electron chi connectivity index (χ1n) is 10.1. The van der Waals surface area contributed by atoms with Crippen molar-refractivity contribution in [3.05, 3.63) is 81.9 Å². The first-order chi connectivity index (χ1) is 15.3. The van der Waals surface area contributed by atoms with Gasteiger partial charge in [0.05, 0.1) is 28.1 Å². The Balaban J connectivity index is 1.78. The molecular weight excluding hydrogens is 416 g/mol. The predicted molar refractivity (Wildman–Crippen MR) is 117 cm³/mol. The van der Waals surface area contributed by atoms with Gasteiger partial charge in [-0.05, 0) is 44.5 Å². The van der Waals surface area contributed by atoms with Crippen LogP contribution in [-0.4, -0.2) is 25.5 Å². The van der Waals surface area contributed by atoms with E-state index in [0.717, 1.165) is 28.2 Å². The molecule has 9 heteroatoms. The first kappa shape index (κ1) is 21.4. The molecule has 4 aromatic rings. The van der Waals surface area contributed by atoms with Crippen LogP contribution < -0.4 is 10.9 Å². The maximum atomic E-state index is 14.0. The average Bonchev–Trinajstić information content (AvgIpc) is 3.13. The number of fused-ring (bicyclic) bond motifs is 1. The molecule has 1 N–H and O–H groups in total. The Labute approximate surface area is 182 Å². The summed E-state index contributed by atoms with van der Waals surface area (Å²) in [7, 11) is 0. The summed E-state index contributed by atoms with van der Waals surface area (Å²) in [5.41, 5.74) is 1.58. The van der Waals surface area contributed by atoms with Crippen LogP contribution in [-0.2, 0) is 4.79 Å². The summed E-state index contributed by atoms with van der Waals surface area (Å²) in [6, 6.07) is 11.2. The maximum Gasteiger partial charge on any atom is 0.295 e. The molecular formula is C23H21F2N5O2. The molecule has 4 rings (SSSR count). The molecule has 0 aliphatic heterocycles. The van der Waals surface area contributed by atoms with E-state index < -0.39 is 29.1 Å². The Morgan fingerprint density at radius 2 is 1.81 bits per heavy atom. The SMILES string of the molecule is CC[C@@H](C(=O)Nc1ccc(F)cc1F)n1nc(C)c2c(C)n(-c3ccccc3)nc2c1=O. The van der Waals surface area contributed by atoms with Gasteiger partial charge in [-0.1, -0.05) is 25.1 Å². The Hall–Kier alpha value is -3.88. The van der Waals surface area contributed by atoms with Gasteiger partial charge in [0, 0.05) is 6.07 Å². The van der Waals surface area contributed by atoms with Crippen molar-refractivity contribution in [2.45, 2.75) is 33.2 Å². The number of nitrogens with zero attached hydrogens (tertiary/aromatic N) is 4. The van der Waals surface area contributed by atoms with Gasteiger partial charge in [-0.3, -0.25) is 9.59 Å². The first-order valence-corrected chi connectivity index (χ1v) is 10.1.